The van der Waals surface area contributed by atoms with Gasteiger partial charge >= 0.3 is 5.95 Å². The summed E-state index contributed by atoms with van der Waals surface area (Å²) in [5.74, 6) is -0.508. The molecule has 0 unspecified atom stereocenters. The Labute approximate surface area is 218 Å². The zero-order valence-corrected chi connectivity index (χ0v) is 21.8. The molecule has 0 radical (unpaired) electrons. The van der Waals surface area contributed by atoms with Gasteiger partial charge in [0, 0.05) is 25.0 Å². The van der Waals surface area contributed by atoms with Gasteiger partial charge in [0.25, 0.3) is 5.91 Å². The number of fused-ring (bicyclic) bond motifs is 1. The lowest BCUT2D eigenvalue weighted by atomic mass is 10.1. The lowest BCUT2D eigenvalue weighted by Crippen LogP contribution is -2.35. The van der Waals surface area contributed by atoms with Crippen LogP contribution in [0.4, 0.5) is 33.2 Å². The second-order valence-corrected chi connectivity index (χ2v) is 9.01. The minimum Gasteiger partial charge on any atom is -0.493 e. The Hall–Kier alpha value is -4.71. The number of carbonyl (C=O) groups excluding carboxylic acids is 2. The highest BCUT2D eigenvalue weighted by Crippen LogP contribution is 2.35. The molecule has 4 aromatic rings. The molecule has 2 amide bonds. The summed E-state index contributed by atoms with van der Waals surface area (Å²) in [4.78, 5) is 38.9. The van der Waals surface area contributed by atoms with E-state index in [1.807, 2.05) is 27.1 Å². The van der Waals surface area contributed by atoms with Gasteiger partial charge in [0.05, 0.1) is 30.3 Å². The van der Waals surface area contributed by atoms with E-state index in [1.165, 1.54) is 6.07 Å². The van der Waals surface area contributed by atoms with E-state index in [0.29, 0.717) is 39.9 Å². The standard InChI is InChI=1S/C26H29FN8O3/c1-14-11-20(38-5)18(12-19(14)35(4)21(36)13-34(2)3)31-26-32-24-15(9-10-29-24)25(33-26)30-17-8-6-7-16(27)22(17)23(28)37/h6-12H,13H2,1-5H3,(H2,28,37)(H3,29,30,31,32,33)/p+1. The number of carbonyl (C=O) groups is 2. The molecule has 2 aromatic carbocycles. The van der Waals surface area contributed by atoms with E-state index in [0.717, 1.165) is 11.6 Å². The van der Waals surface area contributed by atoms with Crippen LogP contribution in [0.3, 0.4) is 0 Å². The first-order valence-electron chi connectivity index (χ1n) is 11.7. The molecule has 4 rings (SSSR count). The first-order chi connectivity index (χ1) is 18.1. The van der Waals surface area contributed by atoms with Crippen LogP contribution in [0.5, 0.6) is 5.75 Å². The highest BCUT2D eigenvalue weighted by atomic mass is 19.1. The predicted molar refractivity (Wildman–Crippen MR) is 144 cm³/mol. The van der Waals surface area contributed by atoms with Gasteiger partial charge in [-0.1, -0.05) is 11.1 Å². The topological polar surface area (TPSA) is 143 Å². The minimum absolute atomic E-state index is 0.0708. The van der Waals surface area contributed by atoms with Crippen molar-refractivity contribution in [1.29, 1.82) is 0 Å². The number of methoxy groups -OCH3 is 1. The quantitative estimate of drug-likeness (QED) is 0.265. The molecule has 0 atom stereocenters. The molecule has 11 nitrogen and oxygen atoms in total. The molecule has 0 aliphatic carbocycles. The summed E-state index contributed by atoms with van der Waals surface area (Å²) in [7, 11) is 6.94. The molecule has 2 heterocycles. The van der Waals surface area contributed by atoms with Gasteiger partial charge in [-0.15, -0.1) is 0 Å². The van der Waals surface area contributed by atoms with Gasteiger partial charge in [-0.25, -0.2) is 9.37 Å². The molecule has 0 fully saturated rings. The molecule has 0 bridgehead atoms. The van der Waals surface area contributed by atoms with Gasteiger partial charge in [-0.3, -0.25) is 19.9 Å². The van der Waals surface area contributed by atoms with Gasteiger partial charge in [0.1, 0.15) is 11.5 Å². The Morgan fingerprint density at radius 1 is 1.16 bits per heavy atom. The number of rotatable bonds is 9. The van der Waals surface area contributed by atoms with E-state index < -0.39 is 11.7 Å². The number of anilines is 5. The van der Waals surface area contributed by atoms with Gasteiger partial charge in [-0.05, 0) is 50.8 Å². The van der Waals surface area contributed by atoms with Gasteiger partial charge in [0.2, 0.25) is 17.4 Å². The highest BCUT2D eigenvalue weighted by molar-refractivity contribution is 6.00. The first-order valence-corrected chi connectivity index (χ1v) is 11.7. The van der Waals surface area contributed by atoms with Crippen LogP contribution in [0.25, 0.3) is 11.0 Å². The fourth-order valence-corrected chi connectivity index (χ4v) is 4.09. The summed E-state index contributed by atoms with van der Waals surface area (Å²) in [6.07, 6.45) is 1.72. The molecule has 0 saturated carbocycles. The number of halogens is 1. The predicted octanol–water partition coefficient (Wildman–Crippen LogP) is 2.94. The number of nitrogens with zero attached hydrogens (tertiary/aromatic N) is 3. The average molecular weight is 522 g/mol. The van der Waals surface area contributed by atoms with E-state index in [4.69, 9.17) is 10.5 Å². The molecule has 198 valence electrons. The maximum absolute atomic E-state index is 14.3. The average Bonchev–Trinajstić information content (AvgIpc) is 3.33. The number of aryl methyl sites for hydroxylation is 1. The molecule has 0 spiro atoms. The van der Waals surface area contributed by atoms with Crippen molar-refractivity contribution >= 4 is 51.7 Å². The number of ether oxygens (including phenoxy) is 1. The van der Waals surface area contributed by atoms with Crippen molar-refractivity contribution in [2.75, 3.05) is 50.3 Å². The number of H-pyrrole nitrogens is 2. The summed E-state index contributed by atoms with van der Waals surface area (Å²) in [6, 6.07) is 9.60. The number of aromatic nitrogens is 3. The summed E-state index contributed by atoms with van der Waals surface area (Å²) in [5, 5.41) is 6.91. The zero-order chi connectivity index (χ0) is 27.6. The van der Waals surface area contributed by atoms with Gasteiger partial charge in [0.15, 0.2) is 5.75 Å². The Balaban J connectivity index is 1.74. The van der Waals surface area contributed by atoms with Crippen LogP contribution in [0.1, 0.15) is 15.9 Å². The largest absolute Gasteiger partial charge is 0.493 e. The molecule has 0 aliphatic heterocycles. The minimum atomic E-state index is -0.901. The monoisotopic (exact) mass is 521 g/mol. The smallest absolute Gasteiger partial charge is 0.351 e. The van der Waals surface area contributed by atoms with Crippen LogP contribution >= 0.6 is 0 Å². The Bertz CT molecular complexity index is 1520. The molecular weight excluding hydrogens is 491 g/mol. The summed E-state index contributed by atoms with van der Waals surface area (Å²) in [6.45, 7) is 2.15. The van der Waals surface area contributed by atoms with Crippen molar-refractivity contribution in [1.82, 2.24) is 14.9 Å². The van der Waals surface area contributed by atoms with E-state index in [-0.39, 0.29) is 23.7 Å². The third-order valence-corrected chi connectivity index (χ3v) is 5.94. The van der Waals surface area contributed by atoms with Crippen LogP contribution in [0, 0.1) is 12.7 Å². The van der Waals surface area contributed by atoms with Crippen molar-refractivity contribution in [3.05, 3.63) is 59.5 Å². The molecule has 38 heavy (non-hydrogen) atoms. The van der Waals surface area contributed by atoms with E-state index in [9.17, 15) is 14.0 Å². The highest BCUT2D eigenvalue weighted by Gasteiger charge is 2.22. The molecular formula is C26H30FN8O3+. The molecule has 0 saturated heterocycles. The number of benzene rings is 2. The van der Waals surface area contributed by atoms with E-state index >= 15 is 0 Å². The van der Waals surface area contributed by atoms with Crippen LogP contribution in [0.2, 0.25) is 0 Å². The number of hydrogen-bond donors (Lipinski definition) is 4. The number of aromatic amines is 2. The lowest BCUT2D eigenvalue weighted by Gasteiger charge is -2.23. The van der Waals surface area contributed by atoms with E-state index in [2.05, 4.69) is 25.6 Å². The van der Waals surface area contributed by atoms with Gasteiger partial charge in [-0.2, -0.15) is 0 Å². The van der Waals surface area contributed by atoms with Crippen molar-refractivity contribution in [3.8, 4) is 5.75 Å². The maximum atomic E-state index is 14.3. The number of nitrogens with one attached hydrogen (secondary N) is 4. The van der Waals surface area contributed by atoms with E-state index in [1.54, 1.807) is 48.4 Å². The lowest BCUT2D eigenvalue weighted by molar-refractivity contribution is -0.333. The number of amides is 2. The van der Waals surface area contributed by atoms with Crippen molar-refractivity contribution in [2.45, 2.75) is 6.92 Å². The normalized spacial score (nSPS) is 11.0. The molecule has 6 N–H and O–H groups in total. The summed E-state index contributed by atoms with van der Waals surface area (Å²) in [5.41, 5.74) is 8.06. The Kier molecular flexibility index (Phi) is 7.44. The second kappa shape index (κ2) is 10.7. The number of likely N-dealkylation sites (N-methyl/N-ethyl adjacent to an activating group) is 2. The fraction of sp³-hybridized carbons (Fsp3) is 0.231. The summed E-state index contributed by atoms with van der Waals surface area (Å²) >= 11 is 0. The van der Waals surface area contributed by atoms with Crippen LogP contribution in [-0.4, -0.2) is 61.5 Å². The SMILES string of the molecule is COc1cc(C)c(N(C)C(=O)CN(C)C)cc1Nc1nc(Nc2cccc(F)c2C(N)=O)c2cc[nH]c2[nH+]1. The molecule has 2 aromatic heterocycles. The van der Waals surface area contributed by atoms with Crippen molar-refractivity contribution in [3.63, 3.8) is 0 Å². The maximum Gasteiger partial charge on any atom is 0.351 e. The second-order valence-electron chi connectivity index (χ2n) is 9.01. The van der Waals surface area contributed by atoms with Crippen LogP contribution < -0.4 is 31.0 Å². The Morgan fingerprint density at radius 3 is 2.61 bits per heavy atom. The van der Waals surface area contributed by atoms with Crippen LogP contribution in [-0.2, 0) is 4.79 Å². The first kappa shape index (κ1) is 26.4. The molecule has 0 aliphatic rings. The fourth-order valence-electron chi connectivity index (χ4n) is 4.09. The number of hydrogen-bond acceptors (Lipinski definition) is 7. The van der Waals surface area contributed by atoms with Crippen molar-refractivity contribution in [2.24, 2.45) is 5.73 Å². The third-order valence-electron chi connectivity index (χ3n) is 5.94. The third kappa shape index (κ3) is 5.34. The molecule has 12 heteroatoms. The zero-order valence-electron chi connectivity index (χ0n) is 21.8. The van der Waals surface area contributed by atoms with Gasteiger partial charge < -0.3 is 25.6 Å². The summed E-state index contributed by atoms with van der Waals surface area (Å²) < 4.78 is 19.9. The van der Waals surface area contributed by atoms with Crippen molar-refractivity contribution < 1.29 is 23.7 Å². The van der Waals surface area contributed by atoms with Crippen LogP contribution in [0.15, 0.2) is 42.6 Å². The number of primary amides is 1. The number of nitrogens with two attached hydrogens (primary N) is 1. The Morgan fingerprint density at radius 2 is 1.92 bits per heavy atom.